The average molecular weight is 260 g/mol. The molecule has 1 aromatic rings. The molecule has 0 aliphatic rings. The van der Waals surface area contributed by atoms with Crippen molar-refractivity contribution in [1.29, 1.82) is 0 Å². The first-order chi connectivity index (χ1) is 7.58. The molecule has 0 saturated heterocycles. The molecule has 0 radical (unpaired) electrons. The quantitative estimate of drug-likeness (QED) is 0.817. The third-order valence-electron chi connectivity index (χ3n) is 2.53. The maximum Gasteiger partial charge on any atom is 0.137 e. The molecule has 0 aliphatic carbocycles. The van der Waals surface area contributed by atoms with E-state index in [1.54, 1.807) is 7.11 Å². The minimum Gasteiger partial charge on any atom is -0.495 e. The summed E-state index contributed by atoms with van der Waals surface area (Å²) in [7, 11) is 3.71. The molecule has 1 aromatic carbocycles. The van der Waals surface area contributed by atoms with Crippen LogP contribution < -0.4 is 4.74 Å². The van der Waals surface area contributed by atoms with Gasteiger partial charge in [0, 0.05) is 18.8 Å². The zero-order valence-corrected chi connectivity index (χ0v) is 11.6. The van der Waals surface area contributed by atoms with Gasteiger partial charge in [0.25, 0.3) is 0 Å². The smallest absolute Gasteiger partial charge is 0.137 e. The molecule has 0 unspecified atom stereocenters. The molecule has 0 saturated carbocycles. The Bertz CT molecular complexity index is 357. The van der Waals surface area contributed by atoms with Crippen molar-refractivity contribution < 1.29 is 4.74 Å². The number of rotatable bonds is 5. The van der Waals surface area contributed by atoms with Crippen molar-refractivity contribution in [3.05, 3.63) is 28.3 Å². The zero-order valence-electron chi connectivity index (χ0n) is 9.96. The van der Waals surface area contributed by atoms with Crippen molar-refractivity contribution in [3.8, 4) is 5.75 Å². The Kier molecular flexibility index (Phi) is 5.46. The molecule has 0 atom stereocenters. The summed E-state index contributed by atoms with van der Waals surface area (Å²) in [6.45, 7) is 3.92. The fourth-order valence-electron chi connectivity index (χ4n) is 1.56. The number of hydrogen-bond acceptors (Lipinski definition) is 3. The lowest BCUT2D eigenvalue weighted by Gasteiger charge is -2.17. The molecule has 0 fully saturated rings. The average Bonchev–Trinajstić information content (AvgIpc) is 2.23. The van der Waals surface area contributed by atoms with Crippen molar-refractivity contribution in [1.82, 2.24) is 4.90 Å². The van der Waals surface area contributed by atoms with Crippen molar-refractivity contribution in [2.24, 2.45) is 0 Å². The molecule has 0 aliphatic heterocycles. The van der Waals surface area contributed by atoms with Gasteiger partial charge in [0.1, 0.15) is 5.75 Å². The molecule has 4 heteroatoms. The van der Waals surface area contributed by atoms with Gasteiger partial charge in [-0.2, -0.15) is 12.6 Å². The van der Waals surface area contributed by atoms with Gasteiger partial charge in [-0.25, -0.2) is 0 Å². The van der Waals surface area contributed by atoms with E-state index in [1.807, 2.05) is 12.1 Å². The van der Waals surface area contributed by atoms with Gasteiger partial charge in [-0.3, -0.25) is 0 Å². The van der Waals surface area contributed by atoms with Crippen LogP contribution in [0, 0.1) is 6.92 Å². The third-order valence-corrected chi connectivity index (χ3v) is 3.03. The maximum atomic E-state index is 6.10. The van der Waals surface area contributed by atoms with Crippen LogP contribution in [0.3, 0.4) is 0 Å². The molecule has 2 nitrogen and oxygen atoms in total. The maximum absolute atomic E-state index is 6.10. The molecule has 16 heavy (non-hydrogen) atoms. The molecular weight excluding hydrogens is 242 g/mol. The highest BCUT2D eigenvalue weighted by atomic mass is 35.5. The van der Waals surface area contributed by atoms with Gasteiger partial charge in [0.15, 0.2) is 0 Å². The summed E-state index contributed by atoms with van der Waals surface area (Å²) in [5.41, 5.74) is 2.43. The molecule has 0 bridgehead atoms. The third kappa shape index (κ3) is 3.58. The summed E-state index contributed by atoms with van der Waals surface area (Å²) in [5, 5.41) is 0.669. The summed E-state index contributed by atoms with van der Waals surface area (Å²) < 4.78 is 5.18. The Hall–Kier alpha value is -0.380. The fourth-order valence-corrected chi connectivity index (χ4v) is 2.17. The van der Waals surface area contributed by atoms with Gasteiger partial charge in [0.05, 0.1) is 12.1 Å². The topological polar surface area (TPSA) is 12.5 Å². The lowest BCUT2D eigenvalue weighted by molar-refractivity contribution is 0.347. The summed E-state index contributed by atoms with van der Waals surface area (Å²) in [6, 6.07) is 3.96. The number of hydrogen-bond donors (Lipinski definition) is 1. The predicted molar refractivity (Wildman–Crippen MR) is 72.9 cm³/mol. The van der Waals surface area contributed by atoms with E-state index < -0.39 is 0 Å². The minimum atomic E-state index is 0.669. The number of thiol groups is 1. The van der Waals surface area contributed by atoms with Gasteiger partial charge in [0.2, 0.25) is 0 Å². The van der Waals surface area contributed by atoms with Crippen molar-refractivity contribution in [2.45, 2.75) is 13.5 Å². The van der Waals surface area contributed by atoms with E-state index in [4.69, 9.17) is 16.3 Å². The summed E-state index contributed by atoms with van der Waals surface area (Å²) in [4.78, 5) is 2.22. The first-order valence-electron chi connectivity index (χ1n) is 5.21. The molecular formula is C12H18ClNOS. The SMILES string of the molecule is COc1cc(C)c(CN(C)CCS)cc1Cl. The standard InChI is InChI=1S/C12H18ClNOS/c1-9-6-12(15-3)11(13)7-10(9)8-14(2)4-5-16/h6-7,16H,4-5,8H2,1-3H3. The van der Waals surface area contributed by atoms with Gasteiger partial charge in [-0.1, -0.05) is 11.6 Å². The highest BCUT2D eigenvalue weighted by Crippen LogP contribution is 2.28. The number of nitrogens with zero attached hydrogens (tertiary/aromatic N) is 1. The highest BCUT2D eigenvalue weighted by molar-refractivity contribution is 7.80. The van der Waals surface area contributed by atoms with Crippen LogP contribution in [0.25, 0.3) is 0 Å². The first kappa shape index (κ1) is 13.7. The second-order valence-electron chi connectivity index (χ2n) is 3.87. The van der Waals surface area contributed by atoms with E-state index in [1.165, 1.54) is 11.1 Å². The Labute approximate surface area is 108 Å². The summed E-state index contributed by atoms with van der Waals surface area (Å²) >= 11 is 10.3. The Morgan fingerprint density at radius 1 is 1.44 bits per heavy atom. The first-order valence-corrected chi connectivity index (χ1v) is 6.22. The van der Waals surface area contributed by atoms with E-state index in [9.17, 15) is 0 Å². The molecule has 0 spiro atoms. The molecule has 0 amide bonds. The lowest BCUT2D eigenvalue weighted by Crippen LogP contribution is -2.20. The fraction of sp³-hybridized carbons (Fsp3) is 0.500. The Morgan fingerprint density at radius 3 is 2.69 bits per heavy atom. The van der Waals surface area contributed by atoms with Crippen molar-refractivity contribution in [2.75, 3.05) is 26.5 Å². The van der Waals surface area contributed by atoms with Crippen LogP contribution in [-0.2, 0) is 6.54 Å². The van der Waals surface area contributed by atoms with E-state index in [-0.39, 0.29) is 0 Å². The number of methoxy groups -OCH3 is 1. The van der Waals surface area contributed by atoms with Crippen LogP contribution in [0.5, 0.6) is 5.75 Å². The second-order valence-corrected chi connectivity index (χ2v) is 4.73. The summed E-state index contributed by atoms with van der Waals surface area (Å²) in [5.74, 6) is 1.60. The number of aryl methyl sites for hydroxylation is 1. The van der Waals surface area contributed by atoms with Crippen LogP contribution in [0.2, 0.25) is 5.02 Å². The predicted octanol–water partition coefficient (Wildman–Crippen LogP) is 3.02. The monoisotopic (exact) mass is 259 g/mol. The summed E-state index contributed by atoms with van der Waals surface area (Å²) in [6.07, 6.45) is 0. The van der Waals surface area contributed by atoms with Gasteiger partial charge in [-0.05, 0) is 37.2 Å². The van der Waals surface area contributed by atoms with E-state index in [2.05, 4.69) is 31.5 Å². The van der Waals surface area contributed by atoms with Gasteiger partial charge >= 0.3 is 0 Å². The molecule has 90 valence electrons. The Morgan fingerprint density at radius 2 is 2.12 bits per heavy atom. The van der Waals surface area contributed by atoms with E-state index in [0.29, 0.717) is 5.02 Å². The molecule has 0 N–H and O–H groups in total. The second kappa shape index (κ2) is 6.38. The van der Waals surface area contributed by atoms with Gasteiger partial charge < -0.3 is 9.64 Å². The number of halogens is 1. The van der Waals surface area contributed by atoms with Crippen LogP contribution in [0.15, 0.2) is 12.1 Å². The highest BCUT2D eigenvalue weighted by Gasteiger charge is 2.08. The molecule has 0 heterocycles. The number of benzene rings is 1. The minimum absolute atomic E-state index is 0.669. The van der Waals surface area contributed by atoms with Crippen LogP contribution in [-0.4, -0.2) is 31.4 Å². The van der Waals surface area contributed by atoms with Crippen molar-refractivity contribution in [3.63, 3.8) is 0 Å². The van der Waals surface area contributed by atoms with Crippen LogP contribution >= 0.6 is 24.2 Å². The van der Waals surface area contributed by atoms with Crippen LogP contribution in [0.1, 0.15) is 11.1 Å². The molecule has 0 aromatic heterocycles. The Balaban J connectivity index is 2.85. The van der Waals surface area contributed by atoms with Crippen molar-refractivity contribution >= 4 is 24.2 Å². The van der Waals surface area contributed by atoms with Crippen LogP contribution in [0.4, 0.5) is 0 Å². The zero-order chi connectivity index (χ0) is 12.1. The molecule has 1 rings (SSSR count). The van der Waals surface area contributed by atoms with E-state index in [0.717, 1.165) is 24.6 Å². The largest absolute Gasteiger partial charge is 0.495 e. The normalized spacial score (nSPS) is 10.9. The number of ether oxygens (including phenoxy) is 1. The van der Waals surface area contributed by atoms with Gasteiger partial charge in [-0.15, -0.1) is 0 Å². The lowest BCUT2D eigenvalue weighted by atomic mass is 10.1. The van der Waals surface area contributed by atoms with E-state index >= 15 is 0 Å².